The predicted molar refractivity (Wildman–Crippen MR) is 187 cm³/mol. The van der Waals surface area contributed by atoms with Crippen LogP contribution in [0.5, 0.6) is 0 Å². The molecule has 0 aliphatic rings. The lowest BCUT2D eigenvalue weighted by atomic mass is 9.97. The van der Waals surface area contributed by atoms with Gasteiger partial charge in [0.1, 0.15) is 0 Å². The normalized spacial score (nSPS) is 11.6. The van der Waals surface area contributed by atoms with E-state index in [1.54, 1.807) is 0 Å². The van der Waals surface area contributed by atoms with E-state index >= 15 is 0 Å². The Balaban J connectivity index is 1.04. The minimum Gasteiger partial charge on any atom is -0.355 e. The summed E-state index contributed by atoms with van der Waals surface area (Å²) < 4.78 is 2.29. The number of aromatic nitrogens is 2. The number of ketones is 3. The summed E-state index contributed by atoms with van der Waals surface area (Å²) in [6.07, 6.45) is 2.07. The SMILES string of the molecule is CCn1c2ccc(C)cc2c2cc(C(=O)CCCCC(=O)c3ccc4[nH]c5ccc(C(=O)c6ccccc6C)cc5c4c3)ccc21. The summed E-state index contributed by atoms with van der Waals surface area (Å²) in [5, 5.41) is 4.13. The summed E-state index contributed by atoms with van der Waals surface area (Å²) in [7, 11) is 0. The second kappa shape index (κ2) is 11.9. The van der Waals surface area contributed by atoms with E-state index in [0.717, 1.165) is 50.4 Å². The Kier molecular flexibility index (Phi) is 7.61. The number of carbonyl (C=O) groups is 3. The van der Waals surface area contributed by atoms with E-state index in [-0.39, 0.29) is 17.3 Å². The fraction of sp³-hybridized carbons (Fsp3) is 0.195. The number of benzene rings is 5. The van der Waals surface area contributed by atoms with Crippen molar-refractivity contribution in [3.63, 3.8) is 0 Å². The van der Waals surface area contributed by atoms with Gasteiger partial charge in [-0.3, -0.25) is 14.4 Å². The number of hydrogen-bond acceptors (Lipinski definition) is 3. The fourth-order valence-electron chi connectivity index (χ4n) is 6.79. The van der Waals surface area contributed by atoms with E-state index < -0.39 is 0 Å². The van der Waals surface area contributed by atoms with Gasteiger partial charge in [-0.25, -0.2) is 0 Å². The van der Waals surface area contributed by atoms with Crippen molar-refractivity contribution in [1.82, 2.24) is 9.55 Å². The lowest BCUT2D eigenvalue weighted by Crippen LogP contribution is -2.03. The molecule has 0 atom stereocenters. The highest BCUT2D eigenvalue weighted by Crippen LogP contribution is 2.32. The summed E-state index contributed by atoms with van der Waals surface area (Å²) >= 11 is 0. The van der Waals surface area contributed by atoms with Crippen molar-refractivity contribution in [2.75, 3.05) is 0 Å². The zero-order valence-electron chi connectivity index (χ0n) is 26.4. The molecule has 228 valence electrons. The molecule has 2 aromatic heterocycles. The van der Waals surface area contributed by atoms with Gasteiger partial charge in [0.05, 0.1) is 0 Å². The zero-order chi connectivity index (χ0) is 31.9. The molecular weight excluding hydrogens is 568 g/mol. The van der Waals surface area contributed by atoms with Crippen molar-refractivity contribution in [3.05, 3.63) is 130 Å². The molecule has 5 heteroatoms. The maximum absolute atomic E-state index is 13.3. The Morgan fingerprint density at radius 2 is 1.15 bits per heavy atom. The first-order valence-electron chi connectivity index (χ1n) is 16.1. The maximum Gasteiger partial charge on any atom is 0.193 e. The van der Waals surface area contributed by atoms with Crippen molar-refractivity contribution in [2.45, 2.75) is 53.0 Å². The van der Waals surface area contributed by atoms with Gasteiger partial charge in [-0.15, -0.1) is 0 Å². The molecule has 0 aliphatic carbocycles. The van der Waals surface area contributed by atoms with E-state index in [0.29, 0.717) is 42.4 Å². The summed E-state index contributed by atoms with van der Waals surface area (Å²) in [5.74, 6) is 0.148. The second-order valence-corrected chi connectivity index (χ2v) is 12.3. The highest BCUT2D eigenvalue weighted by molar-refractivity contribution is 6.16. The number of fused-ring (bicyclic) bond motifs is 6. The Bertz CT molecular complexity index is 2340. The van der Waals surface area contributed by atoms with Gasteiger partial charge < -0.3 is 9.55 Å². The van der Waals surface area contributed by atoms with Crippen LogP contribution in [0.15, 0.2) is 97.1 Å². The van der Waals surface area contributed by atoms with Gasteiger partial charge in [0.2, 0.25) is 0 Å². The number of aryl methyl sites for hydroxylation is 3. The monoisotopic (exact) mass is 604 g/mol. The number of H-pyrrole nitrogens is 1. The molecule has 0 spiro atoms. The first kappa shape index (κ1) is 29.4. The summed E-state index contributed by atoms with van der Waals surface area (Å²) in [6, 6.07) is 31.5. The van der Waals surface area contributed by atoms with Gasteiger partial charge in [-0.1, -0.05) is 35.9 Å². The molecule has 0 bridgehead atoms. The number of aromatic amines is 1. The summed E-state index contributed by atoms with van der Waals surface area (Å²) in [4.78, 5) is 43.1. The number of unbranched alkanes of at least 4 members (excludes halogenated alkanes) is 1. The highest BCUT2D eigenvalue weighted by Gasteiger charge is 2.16. The molecule has 2 heterocycles. The molecule has 0 fully saturated rings. The number of rotatable bonds is 10. The van der Waals surface area contributed by atoms with E-state index in [4.69, 9.17) is 0 Å². The maximum atomic E-state index is 13.3. The van der Waals surface area contributed by atoms with Crippen molar-refractivity contribution in [3.8, 4) is 0 Å². The Morgan fingerprint density at radius 3 is 1.80 bits per heavy atom. The van der Waals surface area contributed by atoms with Crippen LogP contribution >= 0.6 is 0 Å². The third-order valence-electron chi connectivity index (χ3n) is 9.29. The Hall–Kier alpha value is -5.29. The van der Waals surface area contributed by atoms with Crippen molar-refractivity contribution in [2.24, 2.45) is 0 Å². The number of nitrogens with one attached hydrogen (secondary N) is 1. The number of carbonyl (C=O) groups excluding carboxylic acids is 3. The molecule has 7 rings (SSSR count). The lowest BCUT2D eigenvalue weighted by Gasteiger charge is -2.06. The molecule has 5 nitrogen and oxygen atoms in total. The van der Waals surface area contributed by atoms with Gasteiger partial charge in [-0.2, -0.15) is 0 Å². The minimum atomic E-state index is -0.0149. The van der Waals surface area contributed by atoms with Gasteiger partial charge in [0, 0.05) is 85.3 Å². The molecule has 7 aromatic rings. The van der Waals surface area contributed by atoms with Gasteiger partial charge in [-0.05, 0) is 106 Å². The topological polar surface area (TPSA) is 71.9 Å². The predicted octanol–water partition coefficient (Wildman–Crippen LogP) is 9.92. The molecule has 1 N–H and O–H groups in total. The average Bonchev–Trinajstić information content (AvgIpc) is 3.59. The molecule has 0 unspecified atom stereocenters. The van der Waals surface area contributed by atoms with Crippen molar-refractivity contribution < 1.29 is 14.4 Å². The molecular formula is C41H36N2O3. The molecule has 0 saturated heterocycles. The van der Waals surface area contributed by atoms with Crippen molar-refractivity contribution in [1.29, 1.82) is 0 Å². The minimum absolute atomic E-state index is 0.0149. The van der Waals surface area contributed by atoms with Crippen LogP contribution in [-0.2, 0) is 6.54 Å². The molecule has 5 aromatic carbocycles. The zero-order valence-corrected chi connectivity index (χ0v) is 26.4. The van der Waals surface area contributed by atoms with Crippen LogP contribution in [0.2, 0.25) is 0 Å². The fourth-order valence-corrected chi connectivity index (χ4v) is 6.79. The Labute approximate surface area is 267 Å². The molecule has 0 aliphatic heterocycles. The smallest absolute Gasteiger partial charge is 0.193 e. The van der Waals surface area contributed by atoms with Crippen LogP contribution < -0.4 is 0 Å². The van der Waals surface area contributed by atoms with E-state index in [1.807, 2.05) is 79.7 Å². The van der Waals surface area contributed by atoms with Crippen LogP contribution in [0.1, 0.15) is 80.4 Å². The van der Waals surface area contributed by atoms with Gasteiger partial charge in [0.25, 0.3) is 0 Å². The second-order valence-electron chi connectivity index (χ2n) is 12.3. The lowest BCUT2D eigenvalue weighted by molar-refractivity contribution is 0.0955. The summed E-state index contributed by atoms with van der Waals surface area (Å²) in [6.45, 7) is 7.04. The first-order valence-corrected chi connectivity index (χ1v) is 16.1. The average molecular weight is 605 g/mol. The number of nitrogens with zero attached hydrogens (tertiary/aromatic N) is 1. The number of hydrogen-bond donors (Lipinski definition) is 1. The first-order chi connectivity index (χ1) is 22.3. The molecule has 0 amide bonds. The standard InChI is InChI=1S/C41H36N2O3/c1-4-43-37-19-13-25(2)21-33(37)34-23-28(16-20-38(34)43)40(45)12-8-7-11-39(44)27-14-17-35-31(22-27)32-24-29(15-18-36(32)42-35)41(46)30-10-6-5-9-26(30)3/h5-6,9-10,13-24,42H,4,7-8,11-12H2,1-3H3. The van der Waals surface area contributed by atoms with E-state index in [2.05, 4.69) is 47.7 Å². The highest BCUT2D eigenvalue weighted by atomic mass is 16.1. The quantitative estimate of drug-likeness (QED) is 0.125. The number of Topliss-reactive ketones (excluding diaryl/α,β-unsaturated/α-hetero) is 2. The third-order valence-corrected chi connectivity index (χ3v) is 9.29. The van der Waals surface area contributed by atoms with E-state index in [9.17, 15) is 14.4 Å². The van der Waals surface area contributed by atoms with Crippen LogP contribution in [0.25, 0.3) is 43.6 Å². The molecule has 0 saturated carbocycles. The van der Waals surface area contributed by atoms with Crippen LogP contribution in [0.4, 0.5) is 0 Å². The third kappa shape index (κ3) is 5.22. The van der Waals surface area contributed by atoms with Gasteiger partial charge >= 0.3 is 0 Å². The van der Waals surface area contributed by atoms with Crippen LogP contribution in [-0.4, -0.2) is 26.9 Å². The summed E-state index contributed by atoms with van der Waals surface area (Å²) in [5.41, 5.74) is 9.00. The largest absolute Gasteiger partial charge is 0.355 e. The molecule has 46 heavy (non-hydrogen) atoms. The van der Waals surface area contributed by atoms with E-state index in [1.165, 1.54) is 16.5 Å². The Morgan fingerprint density at radius 1 is 0.609 bits per heavy atom. The van der Waals surface area contributed by atoms with Gasteiger partial charge in [0.15, 0.2) is 17.3 Å². The van der Waals surface area contributed by atoms with Crippen LogP contribution in [0.3, 0.4) is 0 Å². The van der Waals surface area contributed by atoms with Crippen LogP contribution in [0, 0.1) is 13.8 Å². The molecule has 0 radical (unpaired) electrons. The van der Waals surface area contributed by atoms with Crippen molar-refractivity contribution >= 4 is 61.0 Å².